The molecule has 94 valence electrons. The van der Waals surface area contributed by atoms with Crippen molar-refractivity contribution in [3.63, 3.8) is 0 Å². The highest BCUT2D eigenvalue weighted by Gasteiger charge is 2.13. The molecule has 0 radical (unpaired) electrons. The van der Waals surface area contributed by atoms with Gasteiger partial charge in [-0.2, -0.15) is 0 Å². The summed E-state index contributed by atoms with van der Waals surface area (Å²) in [4.78, 5) is 7.77. The molecule has 0 saturated carbocycles. The van der Waals surface area contributed by atoms with Crippen LogP contribution in [0.2, 0.25) is 0 Å². The van der Waals surface area contributed by atoms with Gasteiger partial charge in [0, 0.05) is 24.0 Å². The Balaban J connectivity index is 2.38. The van der Waals surface area contributed by atoms with Crippen LogP contribution < -0.4 is 9.47 Å². The molecule has 0 aliphatic heterocycles. The van der Waals surface area contributed by atoms with Gasteiger partial charge in [0.1, 0.15) is 23.9 Å². The minimum Gasteiger partial charge on any atom is -0.497 e. The molecule has 0 spiro atoms. The van der Waals surface area contributed by atoms with E-state index in [9.17, 15) is 5.11 Å². The summed E-state index contributed by atoms with van der Waals surface area (Å²) in [5.41, 5.74) is 1.29. The largest absolute Gasteiger partial charge is 0.497 e. The first kappa shape index (κ1) is 12.3. The summed E-state index contributed by atoms with van der Waals surface area (Å²) >= 11 is 0. The molecule has 2 rings (SSSR count). The van der Waals surface area contributed by atoms with Crippen molar-refractivity contribution in [1.82, 2.24) is 9.97 Å². The second kappa shape index (κ2) is 5.46. The van der Waals surface area contributed by atoms with Gasteiger partial charge in [0.25, 0.3) is 0 Å². The number of aliphatic hydroxyl groups is 1. The Bertz CT molecular complexity index is 495. The van der Waals surface area contributed by atoms with Crippen molar-refractivity contribution in [2.24, 2.45) is 0 Å². The lowest BCUT2D eigenvalue weighted by atomic mass is 10.0. The van der Waals surface area contributed by atoms with E-state index >= 15 is 0 Å². The fourth-order valence-corrected chi connectivity index (χ4v) is 1.63. The van der Waals surface area contributed by atoms with E-state index in [1.807, 2.05) is 0 Å². The highest BCUT2D eigenvalue weighted by molar-refractivity contribution is 5.41. The van der Waals surface area contributed by atoms with Crippen molar-refractivity contribution in [2.45, 2.75) is 6.10 Å². The zero-order chi connectivity index (χ0) is 13.0. The number of nitrogens with zero attached hydrogens (tertiary/aromatic N) is 2. The Morgan fingerprint density at radius 3 is 2.00 bits per heavy atom. The summed E-state index contributed by atoms with van der Waals surface area (Å²) in [5.74, 6) is 1.25. The summed E-state index contributed by atoms with van der Waals surface area (Å²) in [7, 11) is 3.13. The molecule has 0 aliphatic rings. The zero-order valence-corrected chi connectivity index (χ0v) is 10.2. The van der Waals surface area contributed by atoms with E-state index < -0.39 is 6.10 Å². The number of rotatable bonds is 4. The Labute approximate surface area is 105 Å². The Hall–Kier alpha value is -2.14. The van der Waals surface area contributed by atoms with Gasteiger partial charge in [0.15, 0.2) is 0 Å². The van der Waals surface area contributed by atoms with Gasteiger partial charge < -0.3 is 14.6 Å². The molecular formula is C13H14N2O3. The van der Waals surface area contributed by atoms with E-state index in [-0.39, 0.29) is 0 Å². The number of benzene rings is 1. The fourth-order valence-electron chi connectivity index (χ4n) is 1.63. The van der Waals surface area contributed by atoms with E-state index in [0.29, 0.717) is 22.6 Å². The second-order valence-electron chi connectivity index (χ2n) is 3.72. The highest BCUT2D eigenvalue weighted by atomic mass is 16.5. The maximum absolute atomic E-state index is 10.2. The molecule has 1 aromatic heterocycles. The topological polar surface area (TPSA) is 64.5 Å². The average Bonchev–Trinajstić information content (AvgIpc) is 2.46. The maximum Gasteiger partial charge on any atom is 0.122 e. The first-order valence-electron chi connectivity index (χ1n) is 5.40. The smallest absolute Gasteiger partial charge is 0.122 e. The number of hydrogen-bond donors (Lipinski definition) is 1. The van der Waals surface area contributed by atoms with Crippen LogP contribution in [0.1, 0.15) is 17.2 Å². The van der Waals surface area contributed by atoms with Gasteiger partial charge in [-0.05, 0) is 17.7 Å². The van der Waals surface area contributed by atoms with Crippen molar-refractivity contribution in [2.75, 3.05) is 14.2 Å². The lowest BCUT2D eigenvalue weighted by Crippen LogP contribution is -2.02. The number of methoxy groups -OCH3 is 2. The maximum atomic E-state index is 10.2. The van der Waals surface area contributed by atoms with Gasteiger partial charge in [-0.25, -0.2) is 9.97 Å². The summed E-state index contributed by atoms with van der Waals surface area (Å²) in [5, 5.41) is 10.2. The number of hydrogen-bond acceptors (Lipinski definition) is 5. The van der Waals surface area contributed by atoms with E-state index in [2.05, 4.69) is 9.97 Å². The molecule has 1 heterocycles. The van der Waals surface area contributed by atoms with Crippen molar-refractivity contribution in [1.29, 1.82) is 0 Å². The predicted molar refractivity (Wildman–Crippen MR) is 65.6 cm³/mol. The molecule has 0 amide bonds. The van der Waals surface area contributed by atoms with Crippen LogP contribution in [0.15, 0.2) is 36.9 Å². The number of aromatic nitrogens is 2. The first-order chi connectivity index (χ1) is 8.74. The number of ether oxygens (including phenoxy) is 2. The van der Waals surface area contributed by atoms with Gasteiger partial charge in [-0.1, -0.05) is 0 Å². The van der Waals surface area contributed by atoms with Crippen LogP contribution in [-0.2, 0) is 0 Å². The van der Waals surface area contributed by atoms with Gasteiger partial charge in [-0.3, -0.25) is 0 Å². The molecule has 1 N–H and O–H groups in total. The standard InChI is InChI=1S/C13H14N2O3/c1-17-11-3-9(4-12(5-11)18-2)13(16)10-6-14-8-15-7-10/h3-8,13,16H,1-2H3. The lowest BCUT2D eigenvalue weighted by molar-refractivity contribution is 0.218. The Morgan fingerprint density at radius 1 is 0.944 bits per heavy atom. The molecule has 0 fully saturated rings. The van der Waals surface area contributed by atoms with Crippen LogP contribution in [0.4, 0.5) is 0 Å². The van der Waals surface area contributed by atoms with Crippen molar-refractivity contribution < 1.29 is 14.6 Å². The fraction of sp³-hybridized carbons (Fsp3) is 0.231. The molecule has 0 aliphatic carbocycles. The summed E-state index contributed by atoms with van der Waals surface area (Å²) in [6.45, 7) is 0. The summed E-state index contributed by atoms with van der Waals surface area (Å²) in [6.07, 6.45) is 3.76. The summed E-state index contributed by atoms with van der Waals surface area (Å²) < 4.78 is 10.3. The molecule has 1 atom stereocenters. The molecule has 5 heteroatoms. The lowest BCUT2D eigenvalue weighted by Gasteiger charge is -2.13. The van der Waals surface area contributed by atoms with Crippen LogP contribution in [0.5, 0.6) is 11.5 Å². The zero-order valence-electron chi connectivity index (χ0n) is 10.2. The minimum absolute atomic E-state index is 0.618. The van der Waals surface area contributed by atoms with E-state index in [1.54, 1.807) is 44.8 Å². The van der Waals surface area contributed by atoms with Crippen LogP contribution in [0.3, 0.4) is 0 Å². The van der Waals surface area contributed by atoms with Crippen LogP contribution in [-0.4, -0.2) is 29.3 Å². The highest BCUT2D eigenvalue weighted by Crippen LogP contribution is 2.29. The summed E-state index contributed by atoms with van der Waals surface area (Å²) in [6, 6.07) is 5.25. The minimum atomic E-state index is -0.810. The number of aliphatic hydroxyl groups excluding tert-OH is 1. The van der Waals surface area contributed by atoms with E-state index in [4.69, 9.17) is 9.47 Å². The monoisotopic (exact) mass is 246 g/mol. The molecule has 1 aromatic carbocycles. The van der Waals surface area contributed by atoms with Gasteiger partial charge in [0.2, 0.25) is 0 Å². The third kappa shape index (κ3) is 2.57. The Kier molecular flexibility index (Phi) is 3.74. The molecule has 5 nitrogen and oxygen atoms in total. The SMILES string of the molecule is COc1cc(OC)cc(C(O)c2cncnc2)c1. The van der Waals surface area contributed by atoms with Gasteiger partial charge in [0.05, 0.1) is 14.2 Å². The molecule has 0 saturated heterocycles. The molecule has 18 heavy (non-hydrogen) atoms. The molecular weight excluding hydrogens is 232 g/mol. The van der Waals surface area contributed by atoms with Crippen LogP contribution >= 0.6 is 0 Å². The van der Waals surface area contributed by atoms with Crippen molar-refractivity contribution >= 4 is 0 Å². The quantitative estimate of drug-likeness (QED) is 0.887. The van der Waals surface area contributed by atoms with Crippen LogP contribution in [0, 0.1) is 0 Å². The second-order valence-corrected chi connectivity index (χ2v) is 3.72. The van der Waals surface area contributed by atoms with Crippen molar-refractivity contribution in [3.8, 4) is 11.5 Å². The third-order valence-electron chi connectivity index (χ3n) is 2.59. The van der Waals surface area contributed by atoms with E-state index in [0.717, 1.165) is 0 Å². The molecule has 0 bridgehead atoms. The average molecular weight is 246 g/mol. The Morgan fingerprint density at radius 2 is 1.50 bits per heavy atom. The van der Waals surface area contributed by atoms with Gasteiger partial charge in [-0.15, -0.1) is 0 Å². The predicted octanol–water partition coefficient (Wildman–Crippen LogP) is 1.58. The van der Waals surface area contributed by atoms with Crippen molar-refractivity contribution in [3.05, 3.63) is 48.0 Å². The normalized spacial score (nSPS) is 11.9. The first-order valence-corrected chi connectivity index (χ1v) is 5.40. The van der Waals surface area contributed by atoms with E-state index in [1.165, 1.54) is 6.33 Å². The van der Waals surface area contributed by atoms with Crippen LogP contribution in [0.25, 0.3) is 0 Å². The third-order valence-corrected chi connectivity index (χ3v) is 2.59. The van der Waals surface area contributed by atoms with Gasteiger partial charge >= 0.3 is 0 Å². The molecule has 2 aromatic rings. The molecule has 1 unspecified atom stereocenters.